The molecule has 1 aliphatic rings. The van der Waals surface area contributed by atoms with E-state index in [0.29, 0.717) is 0 Å². The first-order valence-corrected chi connectivity index (χ1v) is 7.33. The van der Waals surface area contributed by atoms with Gasteiger partial charge in [0.1, 0.15) is 0 Å². The number of rotatable bonds is 2. The lowest BCUT2D eigenvalue weighted by atomic mass is 9.85. The van der Waals surface area contributed by atoms with Gasteiger partial charge in [-0.1, -0.05) is 36.4 Å². The summed E-state index contributed by atoms with van der Waals surface area (Å²) in [6.45, 7) is 2.10. The predicted molar refractivity (Wildman–Crippen MR) is 83.5 cm³/mol. The Morgan fingerprint density at radius 3 is 2.81 bits per heavy atom. The van der Waals surface area contributed by atoms with Crippen LogP contribution >= 0.6 is 0 Å². The van der Waals surface area contributed by atoms with Crippen molar-refractivity contribution in [2.75, 3.05) is 0 Å². The molecular weight excluding hydrogens is 262 g/mol. The Hall–Kier alpha value is -2.29. The van der Waals surface area contributed by atoms with Crippen LogP contribution in [-0.2, 0) is 6.42 Å². The van der Waals surface area contributed by atoms with Crippen LogP contribution < -0.4 is 5.32 Å². The molecule has 3 nitrogen and oxygen atoms in total. The van der Waals surface area contributed by atoms with E-state index in [0.717, 1.165) is 30.4 Å². The van der Waals surface area contributed by atoms with Gasteiger partial charge in [0.25, 0.3) is 0 Å². The molecule has 0 heterocycles. The van der Waals surface area contributed by atoms with Crippen LogP contribution in [0.15, 0.2) is 42.5 Å². The van der Waals surface area contributed by atoms with Gasteiger partial charge in [0.05, 0.1) is 6.04 Å². The summed E-state index contributed by atoms with van der Waals surface area (Å²) in [6, 6.07) is 14.6. The lowest BCUT2D eigenvalue weighted by Gasteiger charge is -2.26. The second kappa shape index (κ2) is 5.60. The van der Waals surface area contributed by atoms with E-state index in [1.807, 2.05) is 12.1 Å². The normalized spacial score (nSPS) is 17.1. The van der Waals surface area contributed by atoms with Crippen molar-refractivity contribution in [3.8, 4) is 11.1 Å². The predicted octanol–water partition coefficient (Wildman–Crippen LogP) is 4.31. The summed E-state index contributed by atoms with van der Waals surface area (Å²) in [6.07, 6.45) is 1.98. The minimum Gasteiger partial charge on any atom is -0.465 e. The molecule has 1 amide bonds. The summed E-state index contributed by atoms with van der Waals surface area (Å²) in [5.41, 5.74) is 5.99. The molecule has 0 fully saturated rings. The van der Waals surface area contributed by atoms with Gasteiger partial charge in [-0.15, -0.1) is 0 Å². The van der Waals surface area contributed by atoms with Crippen molar-refractivity contribution in [2.45, 2.75) is 32.2 Å². The first kappa shape index (κ1) is 13.7. The fraction of sp³-hybridized carbons (Fsp3) is 0.278. The SMILES string of the molecule is Cc1ccccc1-c1ccc2c(c1)C(NC(=O)O)CCC2. The average Bonchev–Trinajstić information content (AvgIpc) is 2.47. The molecule has 2 N–H and O–H groups in total. The molecule has 2 aromatic rings. The molecular formula is C18H19NO2. The zero-order valence-corrected chi connectivity index (χ0v) is 12.1. The van der Waals surface area contributed by atoms with E-state index in [2.05, 4.69) is 42.6 Å². The standard InChI is InChI=1S/C18H19NO2/c1-12-5-2-3-7-15(12)14-10-9-13-6-4-8-17(16(13)11-14)19-18(20)21/h2-3,5,7,9-11,17,19H,4,6,8H2,1H3,(H,20,21). The van der Waals surface area contributed by atoms with Gasteiger partial charge in [-0.25, -0.2) is 4.79 Å². The number of amides is 1. The van der Waals surface area contributed by atoms with Crippen LogP contribution in [-0.4, -0.2) is 11.2 Å². The van der Waals surface area contributed by atoms with Crippen molar-refractivity contribution in [1.29, 1.82) is 0 Å². The Morgan fingerprint density at radius 1 is 1.24 bits per heavy atom. The van der Waals surface area contributed by atoms with Crippen molar-refractivity contribution >= 4 is 6.09 Å². The molecule has 1 aliphatic carbocycles. The molecule has 21 heavy (non-hydrogen) atoms. The van der Waals surface area contributed by atoms with Crippen molar-refractivity contribution in [1.82, 2.24) is 5.32 Å². The number of hydrogen-bond acceptors (Lipinski definition) is 1. The third-order valence-corrected chi connectivity index (χ3v) is 4.21. The second-order valence-electron chi connectivity index (χ2n) is 5.62. The first-order chi connectivity index (χ1) is 10.1. The minimum absolute atomic E-state index is 0.0878. The number of hydrogen-bond donors (Lipinski definition) is 2. The molecule has 108 valence electrons. The zero-order valence-electron chi connectivity index (χ0n) is 12.1. The van der Waals surface area contributed by atoms with E-state index >= 15 is 0 Å². The fourth-order valence-corrected chi connectivity index (χ4v) is 3.16. The van der Waals surface area contributed by atoms with Gasteiger partial charge in [-0.05, 0) is 60.1 Å². The van der Waals surface area contributed by atoms with Crippen molar-refractivity contribution in [3.63, 3.8) is 0 Å². The third kappa shape index (κ3) is 2.77. The summed E-state index contributed by atoms with van der Waals surface area (Å²) < 4.78 is 0. The zero-order chi connectivity index (χ0) is 14.8. The molecule has 0 radical (unpaired) electrons. The largest absolute Gasteiger partial charge is 0.465 e. The van der Waals surface area contributed by atoms with Crippen LogP contribution in [0.3, 0.4) is 0 Å². The smallest absolute Gasteiger partial charge is 0.405 e. The second-order valence-corrected chi connectivity index (χ2v) is 5.62. The Balaban J connectivity index is 2.03. The van der Waals surface area contributed by atoms with E-state index in [1.54, 1.807) is 0 Å². The summed E-state index contributed by atoms with van der Waals surface area (Å²) in [7, 11) is 0. The van der Waals surface area contributed by atoms with Gasteiger partial charge in [0, 0.05) is 0 Å². The number of fused-ring (bicyclic) bond motifs is 1. The summed E-state index contributed by atoms with van der Waals surface area (Å²) in [5.74, 6) is 0. The molecule has 1 atom stereocenters. The Labute approximate surface area is 124 Å². The summed E-state index contributed by atoms with van der Waals surface area (Å²) in [5, 5.41) is 11.7. The number of benzene rings is 2. The van der Waals surface area contributed by atoms with Gasteiger partial charge in [-0.3, -0.25) is 0 Å². The van der Waals surface area contributed by atoms with Gasteiger partial charge in [-0.2, -0.15) is 0 Å². The molecule has 1 unspecified atom stereocenters. The van der Waals surface area contributed by atoms with Crippen LogP contribution in [0.2, 0.25) is 0 Å². The molecule has 3 rings (SSSR count). The monoisotopic (exact) mass is 281 g/mol. The Kier molecular flexibility index (Phi) is 3.65. The molecule has 0 aromatic heterocycles. The maximum Gasteiger partial charge on any atom is 0.405 e. The fourth-order valence-electron chi connectivity index (χ4n) is 3.16. The molecule has 0 bridgehead atoms. The highest BCUT2D eigenvalue weighted by molar-refractivity contribution is 5.70. The van der Waals surface area contributed by atoms with Crippen LogP contribution in [0.5, 0.6) is 0 Å². The number of carbonyl (C=O) groups is 1. The van der Waals surface area contributed by atoms with Crippen LogP contribution in [0.25, 0.3) is 11.1 Å². The third-order valence-electron chi connectivity index (χ3n) is 4.21. The Bertz CT molecular complexity index is 679. The van der Waals surface area contributed by atoms with Crippen molar-refractivity contribution in [3.05, 3.63) is 59.2 Å². The minimum atomic E-state index is -0.950. The number of nitrogens with one attached hydrogen (secondary N) is 1. The van der Waals surface area contributed by atoms with E-state index in [1.165, 1.54) is 16.7 Å². The van der Waals surface area contributed by atoms with Crippen molar-refractivity contribution < 1.29 is 9.90 Å². The van der Waals surface area contributed by atoms with E-state index in [-0.39, 0.29) is 6.04 Å². The van der Waals surface area contributed by atoms with Crippen molar-refractivity contribution in [2.24, 2.45) is 0 Å². The van der Waals surface area contributed by atoms with Gasteiger partial charge in [0.15, 0.2) is 0 Å². The topological polar surface area (TPSA) is 49.3 Å². The maximum atomic E-state index is 11.0. The van der Waals surface area contributed by atoms with Crippen LogP contribution in [0.4, 0.5) is 4.79 Å². The molecule has 0 saturated carbocycles. The highest BCUT2D eigenvalue weighted by atomic mass is 16.4. The summed E-state index contributed by atoms with van der Waals surface area (Å²) in [4.78, 5) is 11.0. The lowest BCUT2D eigenvalue weighted by molar-refractivity contribution is 0.188. The molecule has 0 spiro atoms. The van der Waals surface area contributed by atoms with Gasteiger partial charge in [0.2, 0.25) is 0 Å². The highest BCUT2D eigenvalue weighted by Crippen LogP contribution is 2.34. The molecule has 0 saturated heterocycles. The van der Waals surface area contributed by atoms with E-state index in [9.17, 15) is 4.79 Å². The highest BCUT2D eigenvalue weighted by Gasteiger charge is 2.22. The van der Waals surface area contributed by atoms with Crippen LogP contribution in [0.1, 0.15) is 35.6 Å². The quantitative estimate of drug-likeness (QED) is 0.862. The number of carboxylic acid groups (broad SMARTS) is 1. The maximum absolute atomic E-state index is 11.0. The molecule has 0 aliphatic heterocycles. The first-order valence-electron chi connectivity index (χ1n) is 7.33. The molecule has 2 aromatic carbocycles. The van der Waals surface area contributed by atoms with Gasteiger partial charge >= 0.3 is 6.09 Å². The Morgan fingerprint density at radius 2 is 2.05 bits per heavy atom. The average molecular weight is 281 g/mol. The lowest BCUT2D eigenvalue weighted by Crippen LogP contribution is -2.29. The van der Waals surface area contributed by atoms with Crippen LogP contribution in [0, 0.1) is 6.92 Å². The van der Waals surface area contributed by atoms with E-state index in [4.69, 9.17) is 5.11 Å². The number of aryl methyl sites for hydroxylation is 2. The van der Waals surface area contributed by atoms with E-state index < -0.39 is 6.09 Å². The molecule has 3 heteroatoms. The summed E-state index contributed by atoms with van der Waals surface area (Å²) >= 11 is 0. The van der Waals surface area contributed by atoms with Gasteiger partial charge < -0.3 is 10.4 Å².